The summed E-state index contributed by atoms with van der Waals surface area (Å²) in [6.07, 6.45) is 1.92. The molecule has 0 aliphatic carbocycles. The van der Waals surface area contributed by atoms with Gasteiger partial charge in [-0.05, 0) is 31.5 Å². The van der Waals surface area contributed by atoms with Crippen LogP contribution in [-0.2, 0) is 4.79 Å². The molecule has 114 valence electrons. The van der Waals surface area contributed by atoms with Crippen LogP contribution in [0.3, 0.4) is 0 Å². The van der Waals surface area contributed by atoms with Gasteiger partial charge in [-0.3, -0.25) is 4.79 Å². The van der Waals surface area contributed by atoms with Crippen LogP contribution in [0.4, 0.5) is 0 Å². The first-order valence-corrected chi connectivity index (χ1v) is 7.34. The van der Waals surface area contributed by atoms with Gasteiger partial charge < -0.3 is 10.2 Å². The van der Waals surface area contributed by atoms with Crippen LogP contribution in [0, 0.1) is 17.8 Å². The molecule has 1 aromatic rings. The molecular weight excluding hydrogens is 284 g/mol. The summed E-state index contributed by atoms with van der Waals surface area (Å²) in [5.41, 5.74) is 0.999. The smallest absolute Gasteiger partial charge is 0.227 e. The fraction of sp³-hybridized carbons (Fsp3) is 0.471. The molecule has 1 amide bonds. The van der Waals surface area contributed by atoms with Crippen molar-refractivity contribution in [2.75, 3.05) is 26.2 Å². The molecule has 0 bridgehead atoms. The summed E-state index contributed by atoms with van der Waals surface area (Å²) in [4.78, 5) is 14.3. The topological polar surface area (TPSA) is 32.3 Å². The van der Waals surface area contributed by atoms with Gasteiger partial charge in [0, 0.05) is 18.7 Å². The molecule has 2 rings (SSSR count). The van der Waals surface area contributed by atoms with Crippen LogP contribution in [0.2, 0.25) is 0 Å². The van der Waals surface area contributed by atoms with Gasteiger partial charge in [0.05, 0.1) is 12.5 Å². The number of rotatable bonds is 4. The zero-order valence-corrected chi connectivity index (χ0v) is 13.3. The van der Waals surface area contributed by atoms with Crippen molar-refractivity contribution in [3.8, 4) is 11.8 Å². The third kappa shape index (κ3) is 5.41. The van der Waals surface area contributed by atoms with E-state index in [9.17, 15) is 4.79 Å². The van der Waals surface area contributed by atoms with Gasteiger partial charge in [0.25, 0.3) is 0 Å². The number of carbonyl (C=O) groups is 1. The minimum Gasteiger partial charge on any atom is -0.331 e. The van der Waals surface area contributed by atoms with Gasteiger partial charge in [-0.1, -0.05) is 37.0 Å². The Morgan fingerprint density at radius 3 is 2.76 bits per heavy atom. The summed E-state index contributed by atoms with van der Waals surface area (Å²) in [6, 6.07) is 9.90. The van der Waals surface area contributed by atoms with Crippen LogP contribution in [0.15, 0.2) is 30.3 Å². The van der Waals surface area contributed by atoms with Gasteiger partial charge in [0.1, 0.15) is 0 Å². The van der Waals surface area contributed by atoms with E-state index in [1.165, 1.54) is 0 Å². The maximum Gasteiger partial charge on any atom is 0.227 e. The van der Waals surface area contributed by atoms with Gasteiger partial charge in [0.2, 0.25) is 5.91 Å². The van der Waals surface area contributed by atoms with Crippen molar-refractivity contribution in [1.82, 2.24) is 10.2 Å². The molecule has 1 N–H and O–H groups in total. The first-order chi connectivity index (χ1) is 9.81. The number of hydrogen-bond donors (Lipinski definition) is 1. The molecule has 4 heteroatoms. The molecule has 1 fully saturated rings. The van der Waals surface area contributed by atoms with Gasteiger partial charge in [-0.2, -0.15) is 0 Å². The van der Waals surface area contributed by atoms with Crippen LogP contribution >= 0.6 is 12.4 Å². The summed E-state index contributed by atoms with van der Waals surface area (Å²) in [5.74, 6) is 6.63. The molecule has 1 aliphatic heterocycles. The second kappa shape index (κ2) is 9.44. The van der Waals surface area contributed by atoms with E-state index in [0.29, 0.717) is 6.54 Å². The average Bonchev–Trinajstić information content (AvgIpc) is 3.01. The number of amides is 1. The molecule has 1 heterocycles. The number of carbonyl (C=O) groups excluding carboxylic acids is 1. The normalized spacial score (nSPS) is 16.5. The van der Waals surface area contributed by atoms with E-state index in [2.05, 4.69) is 24.1 Å². The van der Waals surface area contributed by atoms with Crippen molar-refractivity contribution < 1.29 is 4.79 Å². The van der Waals surface area contributed by atoms with Crippen LogP contribution in [0.5, 0.6) is 0 Å². The molecule has 0 aromatic heterocycles. The van der Waals surface area contributed by atoms with E-state index >= 15 is 0 Å². The van der Waals surface area contributed by atoms with Crippen LogP contribution < -0.4 is 5.32 Å². The van der Waals surface area contributed by atoms with Crippen LogP contribution in [0.25, 0.3) is 0 Å². The van der Waals surface area contributed by atoms with Crippen molar-refractivity contribution in [3.05, 3.63) is 35.9 Å². The van der Waals surface area contributed by atoms with E-state index in [1.54, 1.807) is 0 Å². The molecule has 1 unspecified atom stereocenters. The quantitative estimate of drug-likeness (QED) is 0.866. The molecule has 0 spiro atoms. The van der Waals surface area contributed by atoms with Crippen LogP contribution in [0.1, 0.15) is 25.3 Å². The van der Waals surface area contributed by atoms with Gasteiger partial charge in [0.15, 0.2) is 0 Å². The first-order valence-electron chi connectivity index (χ1n) is 7.34. The maximum atomic E-state index is 12.4. The third-order valence-corrected chi connectivity index (χ3v) is 3.49. The first kappa shape index (κ1) is 17.6. The molecule has 1 atom stereocenters. The Hall–Kier alpha value is -1.50. The second-order valence-electron chi connectivity index (χ2n) is 5.12. The average molecular weight is 307 g/mol. The monoisotopic (exact) mass is 306 g/mol. The van der Waals surface area contributed by atoms with Crippen LogP contribution in [-0.4, -0.2) is 37.0 Å². The largest absolute Gasteiger partial charge is 0.331 e. The van der Waals surface area contributed by atoms with Gasteiger partial charge in [-0.25, -0.2) is 0 Å². The summed E-state index contributed by atoms with van der Waals surface area (Å²) >= 11 is 0. The van der Waals surface area contributed by atoms with E-state index < -0.39 is 0 Å². The van der Waals surface area contributed by atoms with Crippen molar-refractivity contribution >= 4 is 18.3 Å². The number of nitrogens with zero attached hydrogens (tertiary/aromatic N) is 1. The predicted octanol–water partition coefficient (Wildman–Crippen LogP) is 2.31. The lowest BCUT2D eigenvalue weighted by Crippen LogP contribution is -2.37. The number of hydrogen-bond acceptors (Lipinski definition) is 2. The van der Waals surface area contributed by atoms with Crippen molar-refractivity contribution in [2.45, 2.75) is 19.8 Å². The van der Waals surface area contributed by atoms with Gasteiger partial charge >= 0.3 is 0 Å². The van der Waals surface area contributed by atoms with Crippen molar-refractivity contribution in [2.24, 2.45) is 5.92 Å². The minimum atomic E-state index is 0. The lowest BCUT2D eigenvalue weighted by atomic mass is 10.1. The Labute approximate surface area is 133 Å². The lowest BCUT2D eigenvalue weighted by Gasteiger charge is -2.22. The summed E-state index contributed by atoms with van der Waals surface area (Å²) in [5, 5.41) is 3.25. The highest BCUT2D eigenvalue weighted by Gasteiger charge is 2.26. The highest BCUT2D eigenvalue weighted by Crippen LogP contribution is 2.11. The summed E-state index contributed by atoms with van der Waals surface area (Å²) < 4.78 is 0. The Balaban J connectivity index is 0.00000220. The highest BCUT2D eigenvalue weighted by molar-refractivity contribution is 5.85. The fourth-order valence-corrected chi connectivity index (χ4v) is 2.42. The number of nitrogens with one attached hydrogen (secondary N) is 1. The zero-order valence-electron chi connectivity index (χ0n) is 12.5. The maximum absolute atomic E-state index is 12.4. The fourth-order valence-electron chi connectivity index (χ4n) is 2.42. The molecular formula is C17H23ClN2O. The summed E-state index contributed by atoms with van der Waals surface area (Å²) in [6.45, 7) is 5.17. The Kier molecular flexibility index (Phi) is 7.89. The van der Waals surface area contributed by atoms with E-state index in [-0.39, 0.29) is 24.2 Å². The van der Waals surface area contributed by atoms with E-state index in [4.69, 9.17) is 0 Å². The molecule has 1 aliphatic rings. The van der Waals surface area contributed by atoms with E-state index in [1.807, 2.05) is 35.2 Å². The SMILES string of the molecule is CCCN(CC#Cc1ccccc1)C(=O)C1CCNC1.Cl. The second-order valence-corrected chi connectivity index (χ2v) is 5.12. The highest BCUT2D eigenvalue weighted by atomic mass is 35.5. The van der Waals surface area contributed by atoms with Crippen molar-refractivity contribution in [1.29, 1.82) is 0 Å². The Morgan fingerprint density at radius 2 is 2.14 bits per heavy atom. The van der Waals surface area contributed by atoms with Gasteiger partial charge in [-0.15, -0.1) is 12.4 Å². The standard InChI is InChI=1S/C17H22N2O.ClH/c1-2-12-19(17(20)16-10-11-18-14-16)13-6-9-15-7-4-3-5-8-15;/h3-5,7-8,16,18H,2,10-14H2,1H3;1H. The number of benzene rings is 1. The molecule has 1 aromatic carbocycles. The van der Waals surface area contributed by atoms with E-state index in [0.717, 1.165) is 38.0 Å². The van der Waals surface area contributed by atoms with Crippen molar-refractivity contribution in [3.63, 3.8) is 0 Å². The summed E-state index contributed by atoms with van der Waals surface area (Å²) in [7, 11) is 0. The molecule has 0 saturated carbocycles. The minimum absolute atomic E-state index is 0. The predicted molar refractivity (Wildman–Crippen MR) is 88.4 cm³/mol. The zero-order chi connectivity index (χ0) is 14.2. The molecule has 3 nitrogen and oxygen atoms in total. The third-order valence-electron chi connectivity index (χ3n) is 3.49. The Bertz CT molecular complexity index is 487. The Morgan fingerprint density at radius 1 is 1.38 bits per heavy atom. The molecule has 21 heavy (non-hydrogen) atoms. The lowest BCUT2D eigenvalue weighted by molar-refractivity contribution is -0.134. The molecule has 0 radical (unpaired) electrons. The molecule has 1 saturated heterocycles. The number of halogens is 1.